The molecule has 1 saturated heterocycles. The molecule has 1 N–H and O–H groups in total. The second-order valence-corrected chi connectivity index (χ2v) is 9.26. The Labute approximate surface area is 152 Å². The van der Waals surface area contributed by atoms with Crippen LogP contribution < -0.4 is 0 Å². The molecule has 3 aromatic rings. The molecule has 2 aromatic heterocycles. The molecule has 132 valence electrons. The minimum Gasteiger partial charge on any atom is -0.379 e. The summed E-state index contributed by atoms with van der Waals surface area (Å²) in [6.45, 7) is 1.67. The van der Waals surface area contributed by atoms with Gasteiger partial charge in [-0.05, 0) is 25.1 Å². The fourth-order valence-corrected chi connectivity index (χ4v) is 6.05. The van der Waals surface area contributed by atoms with E-state index in [4.69, 9.17) is 16.1 Å². The highest BCUT2D eigenvalue weighted by Crippen LogP contribution is 2.38. The molecule has 0 radical (unpaired) electrons. The van der Waals surface area contributed by atoms with Crippen LogP contribution in [0.2, 0.25) is 5.02 Å². The van der Waals surface area contributed by atoms with Gasteiger partial charge >= 0.3 is 0 Å². The Morgan fingerprint density at radius 2 is 2.24 bits per heavy atom. The van der Waals surface area contributed by atoms with Gasteiger partial charge in [0, 0.05) is 33.5 Å². The van der Waals surface area contributed by atoms with Gasteiger partial charge in [0.05, 0.1) is 6.54 Å². The number of nitrogens with zero attached hydrogens (tertiary/aromatic N) is 3. The zero-order valence-electron chi connectivity index (χ0n) is 13.1. The van der Waals surface area contributed by atoms with Gasteiger partial charge in [0.1, 0.15) is 4.90 Å². The van der Waals surface area contributed by atoms with Gasteiger partial charge in [-0.3, -0.25) is 0 Å². The predicted molar refractivity (Wildman–Crippen MR) is 93.1 cm³/mol. The van der Waals surface area contributed by atoms with Crippen LogP contribution in [-0.4, -0.2) is 41.1 Å². The molecule has 25 heavy (non-hydrogen) atoms. The molecule has 1 aliphatic heterocycles. The van der Waals surface area contributed by atoms with Gasteiger partial charge in [-0.15, -0.1) is 11.3 Å². The van der Waals surface area contributed by atoms with Crippen molar-refractivity contribution in [1.82, 2.24) is 14.4 Å². The van der Waals surface area contributed by atoms with Crippen LogP contribution >= 0.6 is 22.9 Å². The maximum absolute atomic E-state index is 13.1. The molecule has 1 fully saturated rings. The zero-order valence-corrected chi connectivity index (χ0v) is 15.5. The predicted octanol–water partition coefficient (Wildman–Crippen LogP) is 2.53. The highest BCUT2D eigenvalue weighted by molar-refractivity contribution is 7.89. The van der Waals surface area contributed by atoms with E-state index in [9.17, 15) is 13.5 Å². The number of hydrogen-bond donors (Lipinski definition) is 1. The summed E-state index contributed by atoms with van der Waals surface area (Å²) in [4.78, 5) is 4.24. The van der Waals surface area contributed by atoms with E-state index in [0.717, 1.165) is 4.70 Å². The molecule has 1 atom stereocenters. The van der Waals surface area contributed by atoms with E-state index >= 15 is 0 Å². The number of hydrogen-bond acceptors (Lipinski definition) is 7. The molecule has 3 heterocycles. The first-order chi connectivity index (χ1) is 11.8. The number of fused-ring (bicyclic) bond motifs is 1. The van der Waals surface area contributed by atoms with E-state index in [1.165, 1.54) is 15.6 Å². The largest absolute Gasteiger partial charge is 0.379 e. The summed E-state index contributed by atoms with van der Waals surface area (Å²) in [5, 5.41) is 17.1. The molecular formula is C15H14ClN3O4S2. The van der Waals surface area contributed by atoms with Crippen molar-refractivity contribution in [3.63, 3.8) is 0 Å². The molecule has 10 heteroatoms. The molecule has 4 rings (SSSR count). The van der Waals surface area contributed by atoms with Gasteiger partial charge < -0.3 is 9.63 Å². The summed E-state index contributed by atoms with van der Waals surface area (Å²) in [5.41, 5.74) is -1.47. The van der Waals surface area contributed by atoms with Gasteiger partial charge in [0.25, 0.3) is 5.89 Å². The van der Waals surface area contributed by atoms with Gasteiger partial charge in [0.2, 0.25) is 10.0 Å². The van der Waals surface area contributed by atoms with Crippen LogP contribution in [0.3, 0.4) is 0 Å². The lowest BCUT2D eigenvalue weighted by Crippen LogP contribution is -2.34. The van der Waals surface area contributed by atoms with Crippen LogP contribution in [-0.2, 0) is 15.6 Å². The number of benzene rings is 1. The SMILES string of the molecule is Cc1noc([C@@]2(O)CCN(S(=O)(=O)c3csc4ccc(Cl)cc34)C2)n1. The quantitative estimate of drug-likeness (QED) is 0.726. The van der Waals surface area contributed by atoms with Crippen LogP contribution in [0.4, 0.5) is 0 Å². The molecule has 0 amide bonds. The first-order valence-electron chi connectivity index (χ1n) is 7.50. The van der Waals surface area contributed by atoms with Crippen molar-refractivity contribution < 1.29 is 18.0 Å². The summed E-state index contributed by atoms with van der Waals surface area (Å²) in [7, 11) is -3.78. The Bertz CT molecular complexity index is 1060. The second-order valence-electron chi connectivity index (χ2n) is 6.01. The van der Waals surface area contributed by atoms with Crippen molar-refractivity contribution in [2.45, 2.75) is 23.8 Å². The van der Waals surface area contributed by atoms with Crippen molar-refractivity contribution in [3.05, 3.63) is 40.3 Å². The van der Waals surface area contributed by atoms with Gasteiger partial charge in [-0.1, -0.05) is 16.8 Å². The number of aliphatic hydroxyl groups is 1. The Morgan fingerprint density at radius 3 is 2.96 bits per heavy atom. The number of sulfonamides is 1. The molecule has 0 saturated carbocycles. The number of β-amino-alcohol motifs (C(OH)–C–C–N with tert-alkyl or cyclic N) is 1. The van der Waals surface area contributed by atoms with Gasteiger partial charge in [0.15, 0.2) is 11.4 Å². The van der Waals surface area contributed by atoms with Crippen molar-refractivity contribution in [2.75, 3.05) is 13.1 Å². The average Bonchev–Trinajstić information content (AvgIpc) is 3.25. The first kappa shape index (κ1) is 16.9. The lowest BCUT2D eigenvalue weighted by Gasteiger charge is -2.19. The van der Waals surface area contributed by atoms with Gasteiger partial charge in [-0.25, -0.2) is 8.42 Å². The third-order valence-corrected chi connectivity index (χ3v) is 7.49. The van der Waals surface area contributed by atoms with Gasteiger partial charge in [-0.2, -0.15) is 9.29 Å². The molecule has 0 bridgehead atoms. The number of halogens is 1. The second kappa shape index (κ2) is 5.75. The monoisotopic (exact) mass is 399 g/mol. The van der Waals surface area contributed by atoms with Crippen molar-refractivity contribution >= 4 is 43.0 Å². The maximum atomic E-state index is 13.1. The third-order valence-electron chi connectivity index (χ3n) is 4.26. The topological polar surface area (TPSA) is 96.5 Å². The van der Waals surface area contributed by atoms with E-state index in [0.29, 0.717) is 16.2 Å². The highest BCUT2D eigenvalue weighted by atomic mass is 35.5. The van der Waals surface area contributed by atoms with E-state index in [1.807, 2.05) is 0 Å². The van der Waals surface area contributed by atoms with Crippen molar-refractivity contribution in [1.29, 1.82) is 0 Å². The van der Waals surface area contributed by atoms with Crippen LogP contribution in [0.1, 0.15) is 18.1 Å². The molecule has 0 aliphatic carbocycles. The summed E-state index contributed by atoms with van der Waals surface area (Å²) in [6, 6.07) is 5.16. The fourth-order valence-electron chi connectivity index (χ4n) is 2.94. The summed E-state index contributed by atoms with van der Waals surface area (Å²) >= 11 is 7.35. The lowest BCUT2D eigenvalue weighted by atomic mass is 10.0. The Kier molecular flexibility index (Phi) is 3.89. The van der Waals surface area contributed by atoms with Crippen LogP contribution in [0, 0.1) is 6.92 Å². The zero-order chi connectivity index (χ0) is 17.8. The standard InChI is InChI=1S/C15H14ClN3O4S2/c1-9-17-14(23-18-9)15(20)4-5-19(8-15)25(21,22)13-7-24-12-3-2-10(16)6-11(12)13/h2-3,6-7,20H,4-5,8H2,1H3/t15-/m1/s1. The molecule has 0 spiro atoms. The third kappa shape index (κ3) is 2.76. The highest BCUT2D eigenvalue weighted by Gasteiger charge is 2.47. The number of rotatable bonds is 3. The molecular weight excluding hydrogens is 386 g/mol. The first-order valence-corrected chi connectivity index (χ1v) is 10.2. The number of thiophene rings is 1. The fraction of sp³-hybridized carbons (Fsp3) is 0.333. The lowest BCUT2D eigenvalue weighted by molar-refractivity contribution is 0.0194. The Hall–Kier alpha value is -1.52. The van der Waals surface area contributed by atoms with E-state index in [1.54, 1.807) is 30.5 Å². The number of aromatic nitrogens is 2. The molecule has 1 aromatic carbocycles. The summed E-state index contributed by atoms with van der Waals surface area (Å²) in [6.07, 6.45) is 0.191. The smallest absolute Gasteiger partial charge is 0.260 e. The minimum absolute atomic E-state index is 0.0425. The minimum atomic E-state index is -3.78. The normalized spacial score (nSPS) is 22.0. The Morgan fingerprint density at radius 1 is 1.44 bits per heavy atom. The Balaban J connectivity index is 1.70. The summed E-state index contributed by atoms with van der Waals surface area (Å²) in [5.74, 6) is 0.434. The van der Waals surface area contributed by atoms with Crippen molar-refractivity contribution in [2.24, 2.45) is 0 Å². The molecule has 1 aliphatic rings. The van der Waals surface area contributed by atoms with Crippen LogP contribution in [0.5, 0.6) is 0 Å². The molecule has 0 unspecified atom stereocenters. The van der Waals surface area contributed by atoms with Crippen LogP contribution in [0.25, 0.3) is 10.1 Å². The average molecular weight is 400 g/mol. The van der Waals surface area contributed by atoms with Crippen LogP contribution in [0.15, 0.2) is 33.0 Å². The maximum Gasteiger partial charge on any atom is 0.260 e. The van der Waals surface area contributed by atoms with E-state index in [2.05, 4.69) is 10.1 Å². The van der Waals surface area contributed by atoms with E-state index in [-0.39, 0.29) is 30.3 Å². The number of aryl methyl sites for hydroxylation is 1. The summed E-state index contributed by atoms with van der Waals surface area (Å²) < 4.78 is 33.2. The van der Waals surface area contributed by atoms with E-state index < -0.39 is 15.6 Å². The van der Waals surface area contributed by atoms with Crippen molar-refractivity contribution in [3.8, 4) is 0 Å². The molecule has 7 nitrogen and oxygen atoms in total.